The Bertz CT molecular complexity index is 990. The molecule has 0 aliphatic rings. The number of methoxy groups -OCH3 is 1. The summed E-state index contributed by atoms with van der Waals surface area (Å²) in [5.74, 6) is 1.22. The molecule has 138 valence electrons. The summed E-state index contributed by atoms with van der Waals surface area (Å²) in [5, 5.41) is 9.95. The number of nitrogens with one attached hydrogen (secondary N) is 2. The molecule has 0 spiro atoms. The fourth-order valence-electron chi connectivity index (χ4n) is 2.26. The maximum absolute atomic E-state index is 11.4. The number of nitrogens with zero attached hydrogens (tertiary/aromatic N) is 2. The van der Waals surface area contributed by atoms with E-state index in [9.17, 15) is 4.79 Å². The topological polar surface area (TPSA) is 88.6 Å². The third-order valence-electron chi connectivity index (χ3n) is 3.62. The molecule has 0 fully saturated rings. The van der Waals surface area contributed by atoms with Crippen LogP contribution in [0.25, 0.3) is 0 Å². The summed E-state index contributed by atoms with van der Waals surface area (Å²) in [4.78, 5) is 11.4. The minimum Gasteiger partial charge on any atom is -0.493 e. The van der Waals surface area contributed by atoms with E-state index < -0.39 is 5.56 Å². The van der Waals surface area contributed by atoms with Crippen LogP contribution in [0, 0.1) is 0 Å². The van der Waals surface area contributed by atoms with Crippen LogP contribution in [0.4, 0.5) is 5.69 Å². The van der Waals surface area contributed by atoms with E-state index in [-0.39, 0.29) is 5.02 Å². The second-order valence-electron chi connectivity index (χ2n) is 5.48. The largest absolute Gasteiger partial charge is 0.493 e. The highest BCUT2D eigenvalue weighted by Crippen LogP contribution is 2.28. The van der Waals surface area contributed by atoms with Gasteiger partial charge in [-0.05, 0) is 29.3 Å². The van der Waals surface area contributed by atoms with Gasteiger partial charge in [-0.1, -0.05) is 41.9 Å². The zero-order chi connectivity index (χ0) is 19.1. The van der Waals surface area contributed by atoms with E-state index in [1.807, 2.05) is 42.5 Å². The molecule has 0 saturated carbocycles. The van der Waals surface area contributed by atoms with E-state index in [4.69, 9.17) is 21.1 Å². The van der Waals surface area contributed by atoms with Crippen LogP contribution < -0.4 is 20.5 Å². The molecule has 3 aromatic rings. The van der Waals surface area contributed by atoms with Crippen molar-refractivity contribution in [3.8, 4) is 11.5 Å². The number of aromatic nitrogens is 2. The molecule has 0 amide bonds. The van der Waals surface area contributed by atoms with Crippen LogP contribution in [-0.4, -0.2) is 23.5 Å². The van der Waals surface area contributed by atoms with Crippen LogP contribution in [0.2, 0.25) is 5.02 Å². The first-order valence-corrected chi connectivity index (χ1v) is 8.42. The van der Waals surface area contributed by atoms with Gasteiger partial charge in [0, 0.05) is 0 Å². The van der Waals surface area contributed by atoms with Crippen molar-refractivity contribution in [3.05, 3.63) is 81.2 Å². The number of hydrazone groups is 1. The van der Waals surface area contributed by atoms with Crippen LogP contribution in [-0.2, 0) is 6.61 Å². The first kappa shape index (κ1) is 18.5. The van der Waals surface area contributed by atoms with Crippen LogP contribution >= 0.6 is 11.6 Å². The third kappa shape index (κ3) is 4.86. The summed E-state index contributed by atoms with van der Waals surface area (Å²) in [5.41, 5.74) is 4.35. The van der Waals surface area contributed by atoms with Crippen molar-refractivity contribution in [2.24, 2.45) is 5.10 Å². The van der Waals surface area contributed by atoms with Crippen LogP contribution in [0.15, 0.2) is 64.6 Å². The van der Waals surface area contributed by atoms with Gasteiger partial charge in [0.1, 0.15) is 17.3 Å². The van der Waals surface area contributed by atoms with E-state index in [1.54, 1.807) is 19.4 Å². The molecule has 8 heteroatoms. The summed E-state index contributed by atoms with van der Waals surface area (Å²) >= 11 is 5.87. The second kappa shape index (κ2) is 8.86. The minimum absolute atomic E-state index is 0.00982. The lowest BCUT2D eigenvalue weighted by atomic mass is 10.2. The molecule has 1 heterocycles. The van der Waals surface area contributed by atoms with Gasteiger partial charge in [0.25, 0.3) is 5.56 Å². The van der Waals surface area contributed by atoms with Crippen molar-refractivity contribution < 1.29 is 9.47 Å². The Morgan fingerprint density at radius 2 is 2.04 bits per heavy atom. The molecular formula is C19H17ClN4O3. The highest BCUT2D eigenvalue weighted by molar-refractivity contribution is 6.32. The highest BCUT2D eigenvalue weighted by atomic mass is 35.5. The van der Waals surface area contributed by atoms with Crippen molar-refractivity contribution in [1.29, 1.82) is 0 Å². The number of rotatable bonds is 7. The zero-order valence-electron chi connectivity index (χ0n) is 14.5. The lowest BCUT2D eigenvalue weighted by Gasteiger charge is -2.11. The molecule has 0 bridgehead atoms. The number of ether oxygens (including phenoxy) is 2. The van der Waals surface area contributed by atoms with Crippen LogP contribution in [0.5, 0.6) is 11.5 Å². The van der Waals surface area contributed by atoms with Crippen LogP contribution in [0.3, 0.4) is 0 Å². The van der Waals surface area contributed by atoms with Gasteiger partial charge in [-0.3, -0.25) is 10.2 Å². The van der Waals surface area contributed by atoms with Gasteiger partial charge in [0.05, 0.1) is 19.5 Å². The fraction of sp³-hybridized carbons (Fsp3) is 0.105. The molecule has 27 heavy (non-hydrogen) atoms. The average molecular weight is 385 g/mol. The Morgan fingerprint density at radius 3 is 2.81 bits per heavy atom. The molecule has 0 aliphatic carbocycles. The number of aromatic amines is 1. The molecule has 7 nitrogen and oxygen atoms in total. The summed E-state index contributed by atoms with van der Waals surface area (Å²) < 4.78 is 11.2. The molecule has 0 atom stereocenters. The monoisotopic (exact) mass is 384 g/mol. The predicted molar refractivity (Wildman–Crippen MR) is 105 cm³/mol. The van der Waals surface area contributed by atoms with Crippen molar-refractivity contribution in [2.75, 3.05) is 12.5 Å². The van der Waals surface area contributed by atoms with E-state index in [1.165, 1.54) is 6.20 Å². The summed E-state index contributed by atoms with van der Waals surface area (Å²) in [6.45, 7) is 0.445. The van der Waals surface area contributed by atoms with E-state index in [0.717, 1.165) is 11.1 Å². The van der Waals surface area contributed by atoms with Gasteiger partial charge in [-0.2, -0.15) is 10.2 Å². The van der Waals surface area contributed by atoms with Crippen molar-refractivity contribution in [2.45, 2.75) is 6.61 Å². The third-order valence-corrected chi connectivity index (χ3v) is 3.99. The Labute approximate surface area is 160 Å². The molecule has 0 unspecified atom stereocenters. The van der Waals surface area contributed by atoms with Gasteiger partial charge in [-0.25, -0.2) is 5.10 Å². The average Bonchev–Trinajstić information content (AvgIpc) is 2.70. The molecule has 3 rings (SSSR count). The normalized spacial score (nSPS) is 10.7. The zero-order valence-corrected chi connectivity index (χ0v) is 15.2. The maximum Gasteiger partial charge on any atom is 0.285 e. The highest BCUT2D eigenvalue weighted by Gasteiger charge is 2.06. The second-order valence-corrected chi connectivity index (χ2v) is 5.86. The molecule has 0 saturated heterocycles. The summed E-state index contributed by atoms with van der Waals surface area (Å²) in [7, 11) is 1.57. The number of anilines is 1. The molecule has 2 aromatic carbocycles. The van der Waals surface area contributed by atoms with E-state index in [2.05, 4.69) is 20.7 Å². The van der Waals surface area contributed by atoms with Gasteiger partial charge >= 0.3 is 0 Å². The Morgan fingerprint density at radius 1 is 1.22 bits per heavy atom. The summed E-state index contributed by atoms with van der Waals surface area (Å²) in [6.07, 6.45) is 2.95. The lowest BCUT2D eigenvalue weighted by Crippen LogP contribution is -2.10. The van der Waals surface area contributed by atoms with Crippen molar-refractivity contribution in [3.63, 3.8) is 0 Å². The minimum atomic E-state index is -0.488. The van der Waals surface area contributed by atoms with Crippen molar-refractivity contribution in [1.82, 2.24) is 10.2 Å². The smallest absolute Gasteiger partial charge is 0.285 e. The number of benzene rings is 2. The van der Waals surface area contributed by atoms with Gasteiger partial charge in [0.15, 0.2) is 11.5 Å². The number of H-pyrrole nitrogens is 1. The quantitative estimate of drug-likeness (QED) is 0.481. The SMILES string of the molecule is COc1cc(/C=N\Nc2cn[nH]c(=O)c2Cl)ccc1OCc1ccccc1. The van der Waals surface area contributed by atoms with Gasteiger partial charge in [0.2, 0.25) is 0 Å². The number of hydrogen-bond donors (Lipinski definition) is 2. The van der Waals surface area contributed by atoms with Crippen LogP contribution in [0.1, 0.15) is 11.1 Å². The number of halogens is 1. The lowest BCUT2D eigenvalue weighted by molar-refractivity contribution is 0.284. The van der Waals surface area contributed by atoms with Gasteiger partial charge < -0.3 is 9.47 Å². The Balaban J connectivity index is 1.68. The Hall–Kier alpha value is -3.32. The van der Waals surface area contributed by atoms with Gasteiger partial charge in [-0.15, -0.1) is 0 Å². The first-order valence-electron chi connectivity index (χ1n) is 8.04. The fourth-order valence-corrected chi connectivity index (χ4v) is 2.39. The van der Waals surface area contributed by atoms with E-state index in [0.29, 0.717) is 23.8 Å². The maximum atomic E-state index is 11.4. The van der Waals surface area contributed by atoms with E-state index >= 15 is 0 Å². The standard InChI is InChI=1S/C19H17ClN4O3/c1-26-17-9-14(10-21-23-15-11-22-24-19(25)18(15)20)7-8-16(17)27-12-13-5-3-2-4-6-13/h2-11H,12H2,1H3,(H2,23,24,25)/b21-10-. The molecule has 1 aromatic heterocycles. The number of hydrogen-bond acceptors (Lipinski definition) is 6. The Kier molecular flexibility index (Phi) is 6.06. The summed E-state index contributed by atoms with van der Waals surface area (Å²) in [6, 6.07) is 15.3. The molecular weight excluding hydrogens is 368 g/mol. The molecule has 2 N–H and O–H groups in total. The van der Waals surface area contributed by atoms with Crippen molar-refractivity contribution >= 4 is 23.5 Å². The predicted octanol–water partition coefficient (Wildman–Crippen LogP) is 3.46. The molecule has 0 radical (unpaired) electrons. The molecule has 0 aliphatic heterocycles. The first-order chi connectivity index (χ1) is 13.2.